The first-order valence-electron chi connectivity index (χ1n) is 6.71. The molecule has 0 aliphatic carbocycles. The Bertz CT molecular complexity index is 604. The van der Waals surface area contributed by atoms with E-state index in [0.29, 0.717) is 18.7 Å². The fraction of sp³-hybridized carbons (Fsp3) is 0.333. The second kappa shape index (κ2) is 6.23. The fourth-order valence-electron chi connectivity index (χ4n) is 2.17. The molecule has 1 amide bonds. The van der Waals surface area contributed by atoms with Crippen molar-refractivity contribution in [3.8, 4) is 0 Å². The number of nitrogens with zero attached hydrogens (tertiary/aromatic N) is 2. The Hall–Kier alpha value is -2.30. The predicted octanol–water partition coefficient (Wildman–Crippen LogP) is 1.42. The van der Waals surface area contributed by atoms with Crippen molar-refractivity contribution in [3.63, 3.8) is 0 Å². The van der Waals surface area contributed by atoms with Gasteiger partial charge in [-0.15, -0.1) is 0 Å². The summed E-state index contributed by atoms with van der Waals surface area (Å²) in [6, 6.07) is 7.39. The van der Waals surface area contributed by atoms with E-state index in [1.807, 2.05) is 37.5 Å². The molecule has 5 heteroatoms. The summed E-state index contributed by atoms with van der Waals surface area (Å²) in [6.45, 7) is 2.57. The highest BCUT2D eigenvalue weighted by atomic mass is 16.1. The molecule has 5 nitrogen and oxygen atoms in total. The number of anilines is 1. The van der Waals surface area contributed by atoms with Crippen LogP contribution in [0.4, 0.5) is 5.69 Å². The number of benzene rings is 1. The van der Waals surface area contributed by atoms with Crippen molar-refractivity contribution in [1.82, 2.24) is 15.1 Å². The molecule has 0 fully saturated rings. The molecule has 0 atom stereocenters. The molecular weight excluding hydrogens is 252 g/mol. The van der Waals surface area contributed by atoms with Gasteiger partial charge in [0.05, 0.1) is 12.1 Å². The lowest BCUT2D eigenvalue weighted by Gasteiger charge is -2.05. The fourth-order valence-corrected chi connectivity index (χ4v) is 2.17. The molecule has 0 saturated carbocycles. The molecule has 2 aromatic rings. The van der Waals surface area contributed by atoms with Crippen LogP contribution in [0.2, 0.25) is 0 Å². The number of carbonyl (C=O) groups excluding carboxylic acids is 1. The maximum atomic E-state index is 11.9. The van der Waals surface area contributed by atoms with E-state index >= 15 is 0 Å². The Morgan fingerprint density at radius 3 is 2.95 bits per heavy atom. The number of aromatic nitrogens is 2. The Morgan fingerprint density at radius 2 is 2.25 bits per heavy atom. The number of hydrogen-bond donors (Lipinski definition) is 2. The first-order valence-corrected chi connectivity index (χ1v) is 6.71. The van der Waals surface area contributed by atoms with Crippen LogP contribution in [0.1, 0.15) is 23.7 Å². The van der Waals surface area contributed by atoms with Crippen LogP contribution in [0.15, 0.2) is 30.5 Å². The maximum absolute atomic E-state index is 11.9. The van der Waals surface area contributed by atoms with Crippen LogP contribution in [0.25, 0.3) is 0 Å². The summed E-state index contributed by atoms with van der Waals surface area (Å²) >= 11 is 0. The number of nitrogens with two attached hydrogens (primary N) is 1. The molecule has 20 heavy (non-hydrogen) atoms. The lowest BCUT2D eigenvalue weighted by atomic mass is 10.1. The molecule has 0 saturated heterocycles. The van der Waals surface area contributed by atoms with Crippen LogP contribution in [0.3, 0.4) is 0 Å². The highest BCUT2D eigenvalue weighted by Crippen LogP contribution is 2.09. The van der Waals surface area contributed by atoms with Crippen molar-refractivity contribution in [2.45, 2.75) is 26.3 Å². The van der Waals surface area contributed by atoms with Gasteiger partial charge in [-0.3, -0.25) is 9.48 Å². The van der Waals surface area contributed by atoms with Crippen molar-refractivity contribution in [3.05, 3.63) is 47.3 Å². The van der Waals surface area contributed by atoms with Crippen LogP contribution >= 0.6 is 0 Å². The lowest BCUT2D eigenvalue weighted by molar-refractivity contribution is -0.120. The molecule has 3 N–H and O–H groups in total. The minimum atomic E-state index is -0.0125. The van der Waals surface area contributed by atoms with Gasteiger partial charge in [0.15, 0.2) is 0 Å². The van der Waals surface area contributed by atoms with Gasteiger partial charge in [-0.25, -0.2) is 0 Å². The van der Waals surface area contributed by atoms with Gasteiger partial charge < -0.3 is 11.1 Å². The number of nitrogen functional groups attached to an aromatic ring is 1. The van der Waals surface area contributed by atoms with Crippen LogP contribution in [0, 0.1) is 0 Å². The van der Waals surface area contributed by atoms with E-state index in [1.165, 1.54) is 0 Å². The van der Waals surface area contributed by atoms with E-state index in [0.717, 1.165) is 23.2 Å². The Balaban J connectivity index is 1.92. The van der Waals surface area contributed by atoms with Crippen molar-refractivity contribution in [1.29, 1.82) is 0 Å². The van der Waals surface area contributed by atoms with E-state index in [-0.39, 0.29) is 5.91 Å². The van der Waals surface area contributed by atoms with Crippen molar-refractivity contribution in [2.24, 2.45) is 7.05 Å². The van der Waals surface area contributed by atoms with Gasteiger partial charge in [0.25, 0.3) is 0 Å². The average Bonchev–Trinajstić information content (AvgIpc) is 2.77. The Labute approximate surface area is 118 Å². The molecule has 1 aromatic carbocycles. The summed E-state index contributed by atoms with van der Waals surface area (Å²) in [5.41, 5.74) is 9.39. The van der Waals surface area contributed by atoms with Gasteiger partial charge in [-0.05, 0) is 24.1 Å². The molecule has 2 rings (SSSR count). The van der Waals surface area contributed by atoms with Gasteiger partial charge in [0, 0.05) is 31.0 Å². The Kier molecular flexibility index (Phi) is 4.40. The normalized spacial score (nSPS) is 10.5. The number of carbonyl (C=O) groups is 1. The number of amides is 1. The molecule has 106 valence electrons. The highest BCUT2D eigenvalue weighted by Gasteiger charge is 2.08. The minimum Gasteiger partial charge on any atom is -0.399 e. The topological polar surface area (TPSA) is 72.9 Å². The van der Waals surface area contributed by atoms with Gasteiger partial charge >= 0.3 is 0 Å². The largest absolute Gasteiger partial charge is 0.399 e. The first-order chi connectivity index (χ1) is 9.58. The summed E-state index contributed by atoms with van der Waals surface area (Å²) in [6.07, 6.45) is 3.15. The zero-order valence-corrected chi connectivity index (χ0v) is 11.9. The van der Waals surface area contributed by atoms with Crippen LogP contribution in [-0.2, 0) is 31.2 Å². The van der Waals surface area contributed by atoms with Gasteiger partial charge in [0.1, 0.15) is 0 Å². The second-order valence-electron chi connectivity index (χ2n) is 4.83. The summed E-state index contributed by atoms with van der Waals surface area (Å²) in [4.78, 5) is 11.9. The van der Waals surface area contributed by atoms with E-state index in [9.17, 15) is 4.79 Å². The summed E-state index contributed by atoms with van der Waals surface area (Å²) < 4.78 is 1.78. The molecule has 0 unspecified atom stereocenters. The highest BCUT2D eigenvalue weighted by molar-refractivity contribution is 5.78. The van der Waals surface area contributed by atoms with Crippen LogP contribution in [-0.4, -0.2) is 15.7 Å². The maximum Gasteiger partial charge on any atom is 0.224 e. The molecule has 0 spiro atoms. The smallest absolute Gasteiger partial charge is 0.224 e. The third-order valence-electron chi connectivity index (χ3n) is 3.12. The second-order valence-corrected chi connectivity index (χ2v) is 4.83. The van der Waals surface area contributed by atoms with Crippen molar-refractivity contribution >= 4 is 11.6 Å². The summed E-state index contributed by atoms with van der Waals surface area (Å²) in [5, 5.41) is 7.27. The minimum absolute atomic E-state index is 0.0125. The monoisotopic (exact) mass is 272 g/mol. The quantitative estimate of drug-likeness (QED) is 0.809. The molecule has 0 bridgehead atoms. The number of nitrogens with one attached hydrogen (secondary N) is 1. The average molecular weight is 272 g/mol. The Morgan fingerprint density at radius 1 is 1.45 bits per heavy atom. The standard InChI is InChI=1S/C15H20N4O/c1-3-14-12(10-19(2)18-14)9-17-15(20)8-11-5-4-6-13(16)7-11/h4-7,10H,3,8-9,16H2,1-2H3,(H,17,20). The lowest BCUT2D eigenvalue weighted by Crippen LogP contribution is -2.24. The molecule has 1 heterocycles. The third-order valence-corrected chi connectivity index (χ3v) is 3.12. The van der Waals surface area contributed by atoms with E-state index in [1.54, 1.807) is 4.68 Å². The van der Waals surface area contributed by atoms with Crippen LogP contribution in [0.5, 0.6) is 0 Å². The predicted molar refractivity (Wildman–Crippen MR) is 79.0 cm³/mol. The number of rotatable bonds is 5. The SMILES string of the molecule is CCc1nn(C)cc1CNC(=O)Cc1cccc(N)c1. The van der Waals surface area contributed by atoms with Gasteiger partial charge in [0.2, 0.25) is 5.91 Å². The van der Waals surface area contributed by atoms with Crippen LogP contribution < -0.4 is 11.1 Å². The molecule has 0 aliphatic heterocycles. The van der Waals surface area contributed by atoms with Gasteiger partial charge in [-0.2, -0.15) is 5.10 Å². The van der Waals surface area contributed by atoms with E-state index in [2.05, 4.69) is 17.3 Å². The van der Waals surface area contributed by atoms with E-state index in [4.69, 9.17) is 5.73 Å². The molecule has 0 aliphatic rings. The third kappa shape index (κ3) is 3.60. The van der Waals surface area contributed by atoms with Gasteiger partial charge in [-0.1, -0.05) is 19.1 Å². The molecule has 0 radical (unpaired) electrons. The number of aryl methyl sites for hydroxylation is 2. The zero-order valence-electron chi connectivity index (χ0n) is 11.9. The van der Waals surface area contributed by atoms with E-state index < -0.39 is 0 Å². The summed E-state index contributed by atoms with van der Waals surface area (Å²) in [7, 11) is 1.89. The molecule has 1 aromatic heterocycles. The number of hydrogen-bond acceptors (Lipinski definition) is 3. The zero-order chi connectivity index (χ0) is 14.5. The molecular formula is C15H20N4O. The van der Waals surface area contributed by atoms with Crippen molar-refractivity contribution in [2.75, 3.05) is 5.73 Å². The first kappa shape index (κ1) is 14.1. The summed E-state index contributed by atoms with van der Waals surface area (Å²) in [5.74, 6) is -0.0125. The van der Waals surface area contributed by atoms with Crippen molar-refractivity contribution < 1.29 is 4.79 Å².